The summed E-state index contributed by atoms with van der Waals surface area (Å²) in [6.07, 6.45) is 1.75. The van der Waals surface area contributed by atoms with Gasteiger partial charge in [-0.15, -0.1) is 0 Å². The second kappa shape index (κ2) is 6.09. The summed E-state index contributed by atoms with van der Waals surface area (Å²) in [6.45, 7) is 0.235. The van der Waals surface area contributed by atoms with Crippen LogP contribution in [0.25, 0.3) is 0 Å². The molecule has 3 heteroatoms. The molecular formula is C10H16NOP. The second-order valence-corrected chi connectivity index (χ2v) is 3.40. The monoisotopic (exact) mass is 197 g/mol. The van der Waals surface area contributed by atoms with Crippen LogP contribution in [-0.4, -0.2) is 17.8 Å². The highest BCUT2D eigenvalue weighted by Crippen LogP contribution is 2.06. The molecule has 13 heavy (non-hydrogen) atoms. The third-order valence-corrected chi connectivity index (χ3v) is 2.51. The maximum absolute atomic E-state index is 8.80. The smallest absolute Gasteiger partial charge is 0.0446 e. The number of hydrogen-bond acceptors (Lipinski definition) is 2. The van der Waals surface area contributed by atoms with Gasteiger partial charge in [0.05, 0.1) is 0 Å². The van der Waals surface area contributed by atoms with E-state index < -0.39 is 0 Å². The van der Waals surface area contributed by atoms with E-state index in [4.69, 9.17) is 5.11 Å². The molecule has 0 aromatic heterocycles. The molecule has 0 saturated heterocycles. The SMILES string of the molecule is OCCC(Cc1ccccc1)NP. The number of benzene rings is 1. The predicted octanol–water partition coefficient (Wildman–Crippen LogP) is 1.36. The van der Waals surface area contributed by atoms with Gasteiger partial charge in [-0.3, -0.25) is 5.09 Å². The van der Waals surface area contributed by atoms with Crippen LogP contribution in [-0.2, 0) is 6.42 Å². The minimum absolute atomic E-state index is 0.235. The van der Waals surface area contributed by atoms with Crippen molar-refractivity contribution in [3.63, 3.8) is 0 Å². The van der Waals surface area contributed by atoms with Crippen molar-refractivity contribution in [3.05, 3.63) is 35.9 Å². The zero-order valence-corrected chi connectivity index (χ0v) is 8.76. The largest absolute Gasteiger partial charge is 0.396 e. The summed E-state index contributed by atoms with van der Waals surface area (Å²) < 4.78 is 0. The van der Waals surface area contributed by atoms with E-state index in [0.717, 1.165) is 12.8 Å². The first-order valence-corrected chi connectivity index (χ1v) is 5.05. The summed E-state index contributed by atoms with van der Waals surface area (Å²) in [5.74, 6) is 0. The standard InChI is InChI=1S/C10H16NOP/c12-7-6-10(11-13)8-9-4-2-1-3-5-9/h1-5,10-12H,6-8,13H2. The second-order valence-electron chi connectivity index (χ2n) is 3.07. The van der Waals surface area contributed by atoms with Gasteiger partial charge in [-0.05, 0) is 18.4 Å². The molecule has 0 aliphatic carbocycles. The van der Waals surface area contributed by atoms with Crippen LogP contribution < -0.4 is 5.09 Å². The van der Waals surface area contributed by atoms with Crippen LogP contribution in [0.2, 0.25) is 0 Å². The lowest BCUT2D eigenvalue weighted by molar-refractivity contribution is 0.272. The fourth-order valence-corrected chi connectivity index (χ4v) is 1.58. The summed E-state index contributed by atoms with van der Waals surface area (Å²) in [5, 5.41) is 11.9. The molecule has 0 aliphatic rings. The summed E-state index contributed by atoms with van der Waals surface area (Å²) in [6, 6.07) is 10.6. The Hall–Kier alpha value is -0.430. The Morgan fingerprint density at radius 1 is 1.31 bits per heavy atom. The van der Waals surface area contributed by atoms with Gasteiger partial charge in [0.25, 0.3) is 0 Å². The molecule has 1 rings (SSSR count). The molecule has 2 atom stereocenters. The Bertz CT molecular complexity index is 228. The van der Waals surface area contributed by atoms with Gasteiger partial charge in [0.2, 0.25) is 0 Å². The van der Waals surface area contributed by atoms with Gasteiger partial charge >= 0.3 is 0 Å². The number of aliphatic hydroxyl groups is 1. The van der Waals surface area contributed by atoms with Crippen molar-refractivity contribution >= 4 is 9.39 Å². The van der Waals surface area contributed by atoms with Crippen molar-refractivity contribution in [2.24, 2.45) is 0 Å². The normalized spacial score (nSPS) is 12.8. The van der Waals surface area contributed by atoms with Crippen LogP contribution >= 0.6 is 9.39 Å². The molecule has 0 aliphatic heterocycles. The molecule has 1 aromatic rings. The van der Waals surface area contributed by atoms with E-state index in [2.05, 4.69) is 26.6 Å². The van der Waals surface area contributed by atoms with Gasteiger partial charge in [0.1, 0.15) is 0 Å². The fourth-order valence-electron chi connectivity index (χ4n) is 1.30. The highest BCUT2D eigenvalue weighted by molar-refractivity contribution is 7.13. The van der Waals surface area contributed by atoms with Gasteiger partial charge in [-0.1, -0.05) is 39.7 Å². The van der Waals surface area contributed by atoms with Gasteiger partial charge in [-0.2, -0.15) is 0 Å². The lowest BCUT2D eigenvalue weighted by Gasteiger charge is -2.14. The first kappa shape index (κ1) is 10.6. The van der Waals surface area contributed by atoms with Gasteiger partial charge in [0, 0.05) is 12.6 Å². The maximum atomic E-state index is 8.80. The van der Waals surface area contributed by atoms with Gasteiger partial charge in [0.15, 0.2) is 0 Å². The number of rotatable bonds is 5. The van der Waals surface area contributed by atoms with Crippen molar-refractivity contribution in [2.45, 2.75) is 18.9 Å². The Labute approximate surface area is 81.6 Å². The minimum atomic E-state index is 0.235. The molecule has 1 aromatic carbocycles. The molecule has 0 amide bonds. The van der Waals surface area contributed by atoms with Crippen molar-refractivity contribution in [2.75, 3.05) is 6.61 Å². The van der Waals surface area contributed by atoms with Crippen LogP contribution in [0.15, 0.2) is 30.3 Å². The highest BCUT2D eigenvalue weighted by Gasteiger charge is 2.05. The molecule has 2 nitrogen and oxygen atoms in total. The predicted molar refractivity (Wildman–Crippen MR) is 58.5 cm³/mol. The molecule has 0 bridgehead atoms. The van der Waals surface area contributed by atoms with Crippen LogP contribution in [0.1, 0.15) is 12.0 Å². The Morgan fingerprint density at radius 3 is 2.54 bits per heavy atom. The molecule has 72 valence electrons. The van der Waals surface area contributed by atoms with Crippen molar-refractivity contribution in [3.8, 4) is 0 Å². The molecule has 0 heterocycles. The molecule has 0 radical (unpaired) electrons. The molecule has 2 N–H and O–H groups in total. The minimum Gasteiger partial charge on any atom is -0.396 e. The molecular weight excluding hydrogens is 181 g/mol. The van der Waals surface area contributed by atoms with Crippen LogP contribution in [0, 0.1) is 0 Å². The van der Waals surface area contributed by atoms with E-state index >= 15 is 0 Å². The molecule has 0 fully saturated rings. The first-order chi connectivity index (χ1) is 6.36. The topological polar surface area (TPSA) is 32.3 Å². The van der Waals surface area contributed by atoms with Crippen LogP contribution in [0.3, 0.4) is 0 Å². The van der Waals surface area contributed by atoms with Gasteiger partial charge < -0.3 is 5.11 Å². The van der Waals surface area contributed by atoms with E-state index in [-0.39, 0.29) is 6.61 Å². The fraction of sp³-hybridized carbons (Fsp3) is 0.400. The van der Waals surface area contributed by atoms with E-state index in [9.17, 15) is 0 Å². The molecule has 0 saturated carbocycles. The lowest BCUT2D eigenvalue weighted by Crippen LogP contribution is -2.24. The first-order valence-electron chi connectivity index (χ1n) is 4.47. The Balaban J connectivity index is 2.46. The summed E-state index contributed by atoms with van der Waals surface area (Å²) in [4.78, 5) is 0. The van der Waals surface area contributed by atoms with Crippen molar-refractivity contribution in [1.82, 2.24) is 5.09 Å². The lowest BCUT2D eigenvalue weighted by atomic mass is 10.0. The quantitative estimate of drug-likeness (QED) is 0.698. The Kier molecular flexibility index (Phi) is 4.99. The summed E-state index contributed by atoms with van der Waals surface area (Å²) in [7, 11) is 2.50. The van der Waals surface area contributed by atoms with E-state index in [0.29, 0.717) is 6.04 Å². The van der Waals surface area contributed by atoms with Crippen molar-refractivity contribution < 1.29 is 5.11 Å². The Morgan fingerprint density at radius 2 is 2.00 bits per heavy atom. The third kappa shape index (κ3) is 3.86. The maximum Gasteiger partial charge on any atom is 0.0446 e. The third-order valence-electron chi connectivity index (χ3n) is 2.04. The van der Waals surface area contributed by atoms with E-state index in [1.165, 1.54) is 5.56 Å². The van der Waals surface area contributed by atoms with Crippen LogP contribution in [0.4, 0.5) is 0 Å². The van der Waals surface area contributed by atoms with Crippen molar-refractivity contribution in [1.29, 1.82) is 0 Å². The summed E-state index contributed by atoms with van der Waals surface area (Å²) >= 11 is 0. The van der Waals surface area contributed by atoms with Gasteiger partial charge in [-0.25, -0.2) is 0 Å². The average Bonchev–Trinajstić information content (AvgIpc) is 2.19. The zero-order chi connectivity index (χ0) is 9.52. The van der Waals surface area contributed by atoms with Crippen LogP contribution in [0.5, 0.6) is 0 Å². The average molecular weight is 197 g/mol. The highest BCUT2D eigenvalue weighted by atomic mass is 31.0. The number of nitrogens with one attached hydrogen (secondary N) is 1. The number of hydrogen-bond donors (Lipinski definition) is 2. The van der Waals surface area contributed by atoms with E-state index in [1.54, 1.807) is 0 Å². The number of aliphatic hydroxyl groups excluding tert-OH is 1. The zero-order valence-electron chi connectivity index (χ0n) is 7.61. The van der Waals surface area contributed by atoms with E-state index in [1.807, 2.05) is 18.2 Å². The molecule has 2 unspecified atom stereocenters. The summed E-state index contributed by atoms with van der Waals surface area (Å²) in [5.41, 5.74) is 1.30. The molecule has 0 spiro atoms.